The number of amides is 4. The molecule has 1 aromatic carbocycles. The number of benzene rings is 1. The number of primary amides is 1. The summed E-state index contributed by atoms with van der Waals surface area (Å²) in [5, 5.41) is 26.2. The van der Waals surface area contributed by atoms with Gasteiger partial charge >= 0.3 is 6.09 Å². The van der Waals surface area contributed by atoms with Gasteiger partial charge in [0.15, 0.2) is 6.10 Å². The highest BCUT2D eigenvalue weighted by atomic mass is 16.4. The third kappa shape index (κ3) is 6.34. The number of carboxylic acid groups (broad SMARTS) is 1. The van der Waals surface area contributed by atoms with Crippen LogP contribution in [-0.2, 0) is 20.8 Å². The van der Waals surface area contributed by atoms with Crippen LogP contribution in [0.15, 0.2) is 30.3 Å². The van der Waals surface area contributed by atoms with Gasteiger partial charge in [0.25, 0.3) is 0 Å². The summed E-state index contributed by atoms with van der Waals surface area (Å²) in [7, 11) is 0. The summed E-state index contributed by atoms with van der Waals surface area (Å²) >= 11 is 0. The average molecular weight is 503 g/mol. The van der Waals surface area contributed by atoms with E-state index in [4.69, 9.17) is 5.73 Å². The molecule has 10 nitrogen and oxygen atoms in total. The minimum Gasteiger partial charge on any atom is -0.465 e. The van der Waals surface area contributed by atoms with E-state index < -0.39 is 47.6 Å². The molecule has 4 amide bonds. The van der Waals surface area contributed by atoms with Crippen LogP contribution < -0.4 is 16.4 Å². The van der Waals surface area contributed by atoms with Gasteiger partial charge in [0.2, 0.25) is 17.7 Å². The van der Waals surface area contributed by atoms with Gasteiger partial charge in [-0.1, -0.05) is 44.2 Å². The molecule has 1 saturated heterocycles. The van der Waals surface area contributed by atoms with Crippen molar-refractivity contribution in [1.29, 1.82) is 0 Å². The van der Waals surface area contributed by atoms with E-state index >= 15 is 0 Å². The van der Waals surface area contributed by atoms with Gasteiger partial charge in [-0.2, -0.15) is 0 Å². The van der Waals surface area contributed by atoms with Gasteiger partial charge in [-0.15, -0.1) is 0 Å². The molecule has 0 radical (unpaired) electrons. The topological polar surface area (TPSA) is 162 Å². The first-order valence-electron chi connectivity index (χ1n) is 12.7. The van der Waals surface area contributed by atoms with Crippen molar-refractivity contribution in [3.63, 3.8) is 0 Å². The first-order chi connectivity index (χ1) is 17.0. The predicted molar refractivity (Wildman–Crippen MR) is 133 cm³/mol. The minimum absolute atomic E-state index is 0.00317. The van der Waals surface area contributed by atoms with E-state index in [0.29, 0.717) is 32.2 Å². The van der Waals surface area contributed by atoms with Crippen molar-refractivity contribution in [3.8, 4) is 0 Å². The molecule has 1 unspecified atom stereocenters. The highest BCUT2D eigenvalue weighted by molar-refractivity contribution is 5.88. The van der Waals surface area contributed by atoms with Crippen molar-refractivity contribution in [1.82, 2.24) is 15.5 Å². The van der Waals surface area contributed by atoms with Crippen LogP contribution in [0.1, 0.15) is 57.9 Å². The van der Waals surface area contributed by atoms with Gasteiger partial charge in [0.05, 0.1) is 11.6 Å². The molecule has 1 aliphatic carbocycles. The monoisotopic (exact) mass is 502 g/mol. The van der Waals surface area contributed by atoms with E-state index in [0.717, 1.165) is 12.0 Å². The molecule has 1 aromatic rings. The van der Waals surface area contributed by atoms with Crippen LogP contribution in [0.3, 0.4) is 0 Å². The molecular weight excluding hydrogens is 464 g/mol. The summed E-state index contributed by atoms with van der Waals surface area (Å²) in [4.78, 5) is 51.5. The zero-order chi connectivity index (χ0) is 26.5. The van der Waals surface area contributed by atoms with Crippen molar-refractivity contribution < 1.29 is 29.4 Å². The lowest BCUT2D eigenvalue weighted by Gasteiger charge is -2.52. The molecule has 6 N–H and O–H groups in total. The van der Waals surface area contributed by atoms with Crippen molar-refractivity contribution in [2.75, 3.05) is 6.54 Å². The molecule has 36 heavy (non-hydrogen) atoms. The number of hydrogen-bond donors (Lipinski definition) is 5. The predicted octanol–water partition coefficient (Wildman–Crippen LogP) is 1.40. The van der Waals surface area contributed by atoms with Crippen LogP contribution in [-0.4, -0.2) is 69.2 Å². The van der Waals surface area contributed by atoms with E-state index in [1.807, 2.05) is 44.2 Å². The number of carbonyl (C=O) groups is 4. The standard InChI is InChI=1S/C26H38N4O6/c1-16(2)13-20(24(34)29-19(21(31)22(27)32)14-18-9-12-28-23(18)33)30(25(35)36)26(10-6-11-26)15-17-7-4-3-5-8-17/h3-5,7-8,16,18-21,31H,6,9-15H2,1-2H3,(H2,27,32)(H,28,33)(H,29,34)(H,35,36)/t18-,19-,20-,21?/m0/s1. The smallest absolute Gasteiger partial charge is 0.408 e. The summed E-state index contributed by atoms with van der Waals surface area (Å²) in [6.07, 6.45) is 0.501. The number of nitrogens with zero attached hydrogens (tertiary/aromatic N) is 1. The van der Waals surface area contributed by atoms with Crippen LogP contribution in [0.2, 0.25) is 0 Å². The van der Waals surface area contributed by atoms with Gasteiger partial charge in [0, 0.05) is 12.5 Å². The van der Waals surface area contributed by atoms with Crippen molar-refractivity contribution >= 4 is 23.8 Å². The normalized spacial score (nSPS) is 21.1. The molecule has 0 bridgehead atoms. The summed E-state index contributed by atoms with van der Waals surface area (Å²) < 4.78 is 0. The van der Waals surface area contributed by atoms with E-state index in [-0.39, 0.29) is 24.7 Å². The number of carbonyl (C=O) groups excluding carboxylic acids is 3. The fourth-order valence-electron chi connectivity index (χ4n) is 5.43. The second-order valence-electron chi connectivity index (χ2n) is 10.5. The van der Waals surface area contributed by atoms with Crippen molar-refractivity contribution in [3.05, 3.63) is 35.9 Å². The van der Waals surface area contributed by atoms with Crippen LogP contribution in [0.5, 0.6) is 0 Å². The first kappa shape index (κ1) is 27.4. The molecule has 1 saturated carbocycles. The highest BCUT2D eigenvalue weighted by Gasteiger charge is 2.50. The molecule has 3 rings (SSSR count). The number of rotatable bonds is 12. The summed E-state index contributed by atoms with van der Waals surface area (Å²) in [5.41, 5.74) is 5.59. The van der Waals surface area contributed by atoms with E-state index in [1.54, 1.807) is 0 Å². The van der Waals surface area contributed by atoms with Crippen molar-refractivity contribution in [2.45, 2.75) is 82.5 Å². The third-order valence-corrected chi connectivity index (χ3v) is 7.39. The Balaban J connectivity index is 1.89. The second-order valence-corrected chi connectivity index (χ2v) is 10.5. The summed E-state index contributed by atoms with van der Waals surface area (Å²) in [6, 6.07) is 7.45. The number of nitrogens with one attached hydrogen (secondary N) is 2. The second kappa shape index (κ2) is 11.7. The van der Waals surface area contributed by atoms with Gasteiger partial charge in [-0.3, -0.25) is 19.3 Å². The van der Waals surface area contributed by atoms with Gasteiger partial charge in [-0.25, -0.2) is 4.79 Å². The fourth-order valence-corrected chi connectivity index (χ4v) is 5.43. The largest absolute Gasteiger partial charge is 0.465 e. The highest BCUT2D eigenvalue weighted by Crippen LogP contribution is 2.42. The molecule has 198 valence electrons. The molecule has 2 aliphatic rings. The lowest BCUT2D eigenvalue weighted by Crippen LogP contribution is -2.65. The Morgan fingerprint density at radius 1 is 1.22 bits per heavy atom. The van der Waals surface area contributed by atoms with Gasteiger partial charge in [0.1, 0.15) is 6.04 Å². The number of nitrogens with two attached hydrogens (primary N) is 1. The molecule has 1 heterocycles. The first-order valence-corrected chi connectivity index (χ1v) is 12.7. The molecule has 2 fully saturated rings. The maximum atomic E-state index is 13.7. The molecule has 0 spiro atoms. The molecule has 4 atom stereocenters. The lowest BCUT2D eigenvalue weighted by molar-refractivity contribution is -0.135. The summed E-state index contributed by atoms with van der Waals surface area (Å²) in [5.74, 6) is -2.33. The van der Waals surface area contributed by atoms with Gasteiger partial charge in [-0.05, 0) is 56.4 Å². The summed E-state index contributed by atoms with van der Waals surface area (Å²) in [6.45, 7) is 4.29. The molecular formula is C26H38N4O6. The van der Waals surface area contributed by atoms with E-state index in [2.05, 4.69) is 10.6 Å². The Morgan fingerprint density at radius 2 is 1.89 bits per heavy atom. The quantitative estimate of drug-likeness (QED) is 0.290. The van der Waals surface area contributed by atoms with E-state index in [1.165, 1.54) is 4.90 Å². The zero-order valence-electron chi connectivity index (χ0n) is 21.0. The van der Waals surface area contributed by atoms with Gasteiger partial charge < -0.3 is 26.6 Å². The maximum absolute atomic E-state index is 13.7. The Hall–Kier alpha value is -3.14. The third-order valence-electron chi connectivity index (χ3n) is 7.39. The van der Waals surface area contributed by atoms with Crippen LogP contribution in [0.25, 0.3) is 0 Å². The number of hydrogen-bond acceptors (Lipinski definition) is 5. The molecule has 10 heteroatoms. The van der Waals surface area contributed by atoms with Crippen LogP contribution >= 0.6 is 0 Å². The minimum atomic E-state index is -1.71. The Kier molecular flexibility index (Phi) is 8.94. The zero-order valence-corrected chi connectivity index (χ0v) is 21.0. The van der Waals surface area contributed by atoms with Crippen LogP contribution in [0, 0.1) is 11.8 Å². The maximum Gasteiger partial charge on any atom is 0.408 e. The average Bonchev–Trinajstić information content (AvgIpc) is 3.20. The number of aliphatic hydroxyl groups excluding tert-OH is 1. The number of aliphatic hydroxyl groups is 1. The van der Waals surface area contributed by atoms with Crippen LogP contribution in [0.4, 0.5) is 4.79 Å². The lowest BCUT2D eigenvalue weighted by atomic mass is 9.70. The Labute approximate surface area is 211 Å². The Bertz CT molecular complexity index is 949. The molecule has 1 aliphatic heterocycles. The Morgan fingerprint density at radius 3 is 2.36 bits per heavy atom. The fraction of sp³-hybridized carbons (Fsp3) is 0.615. The van der Waals surface area contributed by atoms with E-state index in [9.17, 15) is 29.4 Å². The van der Waals surface area contributed by atoms with Crippen molar-refractivity contribution in [2.24, 2.45) is 17.6 Å². The SMILES string of the molecule is CC(C)C[C@@H](C(=O)N[C@@H](C[C@@H]1CCNC1=O)C(O)C(N)=O)N(C(=O)O)C1(Cc2ccccc2)CCC1. The molecule has 0 aromatic heterocycles.